The van der Waals surface area contributed by atoms with Gasteiger partial charge in [0.05, 0.1) is 15.9 Å². The number of rotatable bonds is 5. The van der Waals surface area contributed by atoms with Crippen LogP contribution in [0.3, 0.4) is 0 Å². The summed E-state index contributed by atoms with van der Waals surface area (Å²) in [6.07, 6.45) is 2.08. The van der Waals surface area contributed by atoms with Crippen LogP contribution in [0, 0.1) is 12.8 Å². The van der Waals surface area contributed by atoms with Crippen molar-refractivity contribution in [1.82, 2.24) is 9.78 Å². The molecule has 0 aliphatic heterocycles. The molecular formula is C12H20BrClN2. The van der Waals surface area contributed by atoms with Crippen LogP contribution in [0.15, 0.2) is 4.47 Å². The van der Waals surface area contributed by atoms with Crippen LogP contribution in [-0.4, -0.2) is 15.2 Å². The number of aromatic nitrogens is 2. The summed E-state index contributed by atoms with van der Waals surface area (Å²) in [6, 6.07) is 0. The first-order valence-electron chi connectivity index (χ1n) is 5.81. The van der Waals surface area contributed by atoms with Crippen molar-refractivity contribution in [1.29, 1.82) is 0 Å². The van der Waals surface area contributed by atoms with Crippen LogP contribution >= 0.6 is 27.5 Å². The summed E-state index contributed by atoms with van der Waals surface area (Å²) in [5.74, 6) is 0.588. The average Bonchev–Trinajstić information content (AvgIpc) is 2.44. The minimum absolute atomic E-state index is 0.243. The van der Waals surface area contributed by atoms with Crippen LogP contribution < -0.4 is 0 Å². The smallest absolute Gasteiger partial charge is 0.0738 e. The maximum Gasteiger partial charge on any atom is 0.0738 e. The number of halogens is 2. The average molecular weight is 308 g/mol. The molecule has 0 aliphatic carbocycles. The van der Waals surface area contributed by atoms with Gasteiger partial charge in [0.25, 0.3) is 0 Å². The summed E-state index contributed by atoms with van der Waals surface area (Å²) < 4.78 is 3.23. The Hall–Kier alpha value is -0.0200. The highest BCUT2D eigenvalue weighted by Gasteiger charge is 2.16. The van der Waals surface area contributed by atoms with Crippen molar-refractivity contribution >= 4 is 27.5 Å². The molecule has 92 valence electrons. The first-order chi connectivity index (χ1) is 7.45. The Labute approximate surface area is 111 Å². The molecule has 2 unspecified atom stereocenters. The minimum Gasteiger partial charge on any atom is -0.268 e. The predicted molar refractivity (Wildman–Crippen MR) is 73.1 cm³/mol. The molecule has 0 spiro atoms. The van der Waals surface area contributed by atoms with E-state index >= 15 is 0 Å². The van der Waals surface area contributed by atoms with Crippen molar-refractivity contribution in [2.45, 2.75) is 52.5 Å². The highest BCUT2D eigenvalue weighted by atomic mass is 79.9. The summed E-state index contributed by atoms with van der Waals surface area (Å²) in [5, 5.41) is 4.74. The van der Waals surface area contributed by atoms with Gasteiger partial charge in [-0.1, -0.05) is 6.92 Å². The molecule has 0 aliphatic rings. The second-order valence-electron chi connectivity index (χ2n) is 4.49. The Morgan fingerprint density at radius 2 is 2.06 bits per heavy atom. The molecule has 0 N–H and O–H groups in total. The second kappa shape index (κ2) is 6.06. The fourth-order valence-corrected chi connectivity index (χ4v) is 2.78. The summed E-state index contributed by atoms with van der Waals surface area (Å²) in [7, 11) is 0. The highest BCUT2D eigenvalue weighted by molar-refractivity contribution is 9.10. The molecule has 0 bridgehead atoms. The summed E-state index contributed by atoms with van der Waals surface area (Å²) in [4.78, 5) is 0. The van der Waals surface area contributed by atoms with Gasteiger partial charge in [-0.3, -0.25) is 4.68 Å². The Bertz CT molecular complexity index is 347. The lowest BCUT2D eigenvalue weighted by Crippen LogP contribution is -2.10. The van der Waals surface area contributed by atoms with Crippen LogP contribution in [0.5, 0.6) is 0 Å². The van der Waals surface area contributed by atoms with E-state index in [4.69, 9.17) is 11.6 Å². The Balaban J connectivity index is 2.79. The van der Waals surface area contributed by atoms with E-state index in [1.54, 1.807) is 0 Å². The van der Waals surface area contributed by atoms with E-state index < -0.39 is 0 Å². The van der Waals surface area contributed by atoms with Crippen LogP contribution in [0.4, 0.5) is 0 Å². The standard InChI is InChI=1S/C12H20BrClN2/c1-5-16-11(12(13)10(4)15-16)7-8(2)6-9(3)14/h8-9H,5-7H2,1-4H3. The van der Waals surface area contributed by atoms with Crippen molar-refractivity contribution in [3.8, 4) is 0 Å². The molecule has 0 fully saturated rings. The third-order valence-corrected chi connectivity index (χ3v) is 3.93. The van der Waals surface area contributed by atoms with Gasteiger partial charge in [-0.25, -0.2) is 0 Å². The zero-order chi connectivity index (χ0) is 12.3. The normalized spacial score (nSPS) is 15.1. The molecule has 0 radical (unpaired) electrons. The van der Waals surface area contributed by atoms with E-state index in [0.29, 0.717) is 5.92 Å². The van der Waals surface area contributed by atoms with Gasteiger partial charge in [0.15, 0.2) is 0 Å². The van der Waals surface area contributed by atoms with Crippen molar-refractivity contribution in [2.75, 3.05) is 0 Å². The van der Waals surface area contributed by atoms with Crippen molar-refractivity contribution in [3.05, 3.63) is 15.9 Å². The molecule has 2 atom stereocenters. The van der Waals surface area contributed by atoms with E-state index in [1.807, 2.05) is 6.92 Å². The lowest BCUT2D eigenvalue weighted by molar-refractivity contribution is 0.494. The van der Waals surface area contributed by atoms with Crippen LogP contribution in [-0.2, 0) is 13.0 Å². The van der Waals surface area contributed by atoms with Gasteiger partial charge in [0, 0.05) is 11.9 Å². The van der Waals surface area contributed by atoms with E-state index in [0.717, 1.165) is 29.6 Å². The maximum absolute atomic E-state index is 6.02. The number of nitrogens with zero attached hydrogens (tertiary/aromatic N) is 2. The molecule has 1 heterocycles. The molecule has 2 nitrogen and oxygen atoms in total. The number of aryl methyl sites for hydroxylation is 2. The van der Waals surface area contributed by atoms with Gasteiger partial charge in [-0.2, -0.15) is 5.10 Å². The number of hydrogen-bond donors (Lipinski definition) is 0. The predicted octanol–water partition coefficient (Wildman–Crippen LogP) is 4.17. The van der Waals surface area contributed by atoms with E-state index in [2.05, 4.69) is 46.5 Å². The van der Waals surface area contributed by atoms with Crippen LogP contribution in [0.25, 0.3) is 0 Å². The highest BCUT2D eigenvalue weighted by Crippen LogP contribution is 2.25. The largest absolute Gasteiger partial charge is 0.268 e. The van der Waals surface area contributed by atoms with Crippen molar-refractivity contribution in [2.24, 2.45) is 5.92 Å². The molecule has 0 amide bonds. The molecule has 0 saturated heterocycles. The molecule has 1 aromatic heterocycles. The Morgan fingerprint density at radius 3 is 2.56 bits per heavy atom. The van der Waals surface area contributed by atoms with Crippen molar-refractivity contribution in [3.63, 3.8) is 0 Å². The summed E-state index contributed by atoms with van der Waals surface area (Å²) in [5.41, 5.74) is 2.37. The fraction of sp³-hybridized carbons (Fsp3) is 0.750. The topological polar surface area (TPSA) is 17.8 Å². The van der Waals surface area contributed by atoms with E-state index in [9.17, 15) is 0 Å². The molecule has 1 rings (SSSR count). The van der Waals surface area contributed by atoms with E-state index in [-0.39, 0.29) is 5.38 Å². The number of hydrogen-bond acceptors (Lipinski definition) is 1. The van der Waals surface area contributed by atoms with Crippen LogP contribution in [0.2, 0.25) is 0 Å². The molecular weight excluding hydrogens is 288 g/mol. The zero-order valence-electron chi connectivity index (χ0n) is 10.4. The SMILES string of the molecule is CCn1nc(C)c(Br)c1CC(C)CC(C)Cl. The first kappa shape index (κ1) is 14.0. The lowest BCUT2D eigenvalue weighted by atomic mass is 10.00. The molecule has 16 heavy (non-hydrogen) atoms. The lowest BCUT2D eigenvalue weighted by Gasteiger charge is -2.14. The fourth-order valence-electron chi connectivity index (χ4n) is 2.03. The van der Waals surface area contributed by atoms with Gasteiger partial charge in [0.2, 0.25) is 0 Å². The second-order valence-corrected chi connectivity index (χ2v) is 6.03. The van der Waals surface area contributed by atoms with Gasteiger partial charge < -0.3 is 0 Å². The number of alkyl halides is 1. The van der Waals surface area contributed by atoms with Gasteiger partial charge in [-0.15, -0.1) is 11.6 Å². The van der Waals surface area contributed by atoms with Gasteiger partial charge in [0.1, 0.15) is 0 Å². The minimum atomic E-state index is 0.243. The van der Waals surface area contributed by atoms with E-state index in [1.165, 1.54) is 5.69 Å². The summed E-state index contributed by atoms with van der Waals surface area (Å²) in [6.45, 7) is 9.37. The first-order valence-corrected chi connectivity index (χ1v) is 7.04. The third-order valence-electron chi connectivity index (χ3n) is 2.72. The van der Waals surface area contributed by atoms with Gasteiger partial charge in [-0.05, 0) is 55.5 Å². The van der Waals surface area contributed by atoms with Gasteiger partial charge >= 0.3 is 0 Å². The Kier molecular flexibility index (Phi) is 5.32. The maximum atomic E-state index is 6.02. The molecule has 0 saturated carbocycles. The van der Waals surface area contributed by atoms with Crippen LogP contribution in [0.1, 0.15) is 38.6 Å². The Morgan fingerprint density at radius 1 is 1.44 bits per heavy atom. The molecule has 1 aromatic rings. The zero-order valence-corrected chi connectivity index (χ0v) is 12.8. The monoisotopic (exact) mass is 306 g/mol. The quantitative estimate of drug-likeness (QED) is 0.747. The molecule has 4 heteroatoms. The summed E-state index contributed by atoms with van der Waals surface area (Å²) >= 11 is 9.64. The molecule has 0 aromatic carbocycles. The third kappa shape index (κ3) is 3.49. The van der Waals surface area contributed by atoms with Crippen molar-refractivity contribution < 1.29 is 0 Å².